The Labute approximate surface area is 96.3 Å². The van der Waals surface area contributed by atoms with E-state index in [0.29, 0.717) is 6.42 Å². The van der Waals surface area contributed by atoms with Crippen LogP contribution in [0.25, 0.3) is 0 Å². The van der Waals surface area contributed by atoms with Gasteiger partial charge in [-0.2, -0.15) is 0 Å². The van der Waals surface area contributed by atoms with Crippen LogP contribution in [0, 0.1) is 0 Å². The fourth-order valence-corrected chi connectivity index (χ4v) is 1.43. The zero-order valence-electron chi connectivity index (χ0n) is 8.76. The summed E-state index contributed by atoms with van der Waals surface area (Å²) in [5, 5.41) is 18.9. The number of hydrogen-bond donors (Lipinski definition) is 3. The van der Waals surface area contributed by atoms with Crippen molar-refractivity contribution in [1.29, 1.82) is 0 Å². The molecular formula is C11H18ClNO2. The fraction of sp³-hybridized carbons (Fsp3) is 0.455. The number of halogens is 1. The first-order valence-electron chi connectivity index (χ1n) is 4.87. The van der Waals surface area contributed by atoms with Gasteiger partial charge in [-0.05, 0) is 24.1 Å². The van der Waals surface area contributed by atoms with Crippen molar-refractivity contribution in [1.82, 2.24) is 0 Å². The summed E-state index contributed by atoms with van der Waals surface area (Å²) in [5.74, 6) is 0.182. The maximum atomic E-state index is 9.66. The Bertz CT molecular complexity index is 294. The third-order valence-corrected chi connectivity index (χ3v) is 2.25. The second-order valence-corrected chi connectivity index (χ2v) is 3.48. The lowest BCUT2D eigenvalue weighted by atomic mass is 9.99. The number of nitrogens with two attached hydrogens (primary N) is 1. The average molecular weight is 232 g/mol. The standard InChI is InChI=1S/C11H17NO2.ClH/c1-2-4-10(14)11(12)8-5-3-6-9(13)7-8;/h3,5-7,10-11,13-14H,2,4,12H2,1H3;1H/t10-,11+;/m0./s1. The summed E-state index contributed by atoms with van der Waals surface area (Å²) >= 11 is 0. The SMILES string of the molecule is CCC[C@H](O)[C@H](N)c1cccc(O)c1.Cl. The van der Waals surface area contributed by atoms with E-state index in [1.165, 1.54) is 0 Å². The Morgan fingerprint density at radius 1 is 1.40 bits per heavy atom. The van der Waals surface area contributed by atoms with E-state index in [2.05, 4.69) is 0 Å². The molecule has 0 unspecified atom stereocenters. The highest BCUT2D eigenvalue weighted by molar-refractivity contribution is 5.85. The first-order valence-corrected chi connectivity index (χ1v) is 4.87. The Balaban J connectivity index is 0.00000196. The van der Waals surface area contributed by atoms with E-state index >= 15 is 0 Å². The molecule has 0 aliphatic carbocycles. The molecule has 0 aliphatic rings. The van der Waals surface area contributed by atoms with Crippen molar-refractivity contribution in [3.8, 4) is 5.75 Å². The quantitative estimate of drug-likeness (QED) is 0.742. The molecule has 15 heavy (non-hydrogen) atoms. The third kappa shape index (κ3) is 4.08. The van der Waals surface area contributed by atoms with Crippen molar-refractivity contribution in [2.45, 2.75) is 31.9 Å². The minimum absolute atomic E-state index is 0. The van der Waals surface area contributed by atoms with Gasteiger partial charge in [-0.3, -0.25) is 0 Å². The number of phenols is 1. The lowest BCUT2D eigenvalue weighted by molar-refractivity contribution is 0.134. The zero-order chi connectivity index (χ0) is 10.6. The summed E-state index contributed by atoms with van der Waals surface area (Å²) in [5.41, 5.74) is 6.60. The van der Waals surface area contributed by atoms with Crippen LogP contribution in [0.3, 0.4) is 0 Å². The van der Waals surface area contributed by atoms with Crippen LogP contribution in [0.5, 0.6) is 5.75 Å². The number of phenolic OH excluding ortho intramolecular Hbond substituents is 1. The molecule has 0 spiro atoms. The summed E-state index contributed by atoms with van der Waals surface area (Å²) in [6.45, 7) is 2.00. The highest BCUT2D eigenvalue weighted by atomic mass is 35.5. The van der Waals surface area contributed by atoms with Crippen molar-refractivity contribution in [3.05, 3.63) is 29.8 Å². The van der Waals surface area contributed by atoms with Gasteiger partial charge in [0.05, 0.1) is 12.1 Å². The summed E-state index contributed by atoms with van der Waals surface area (Å²) in [7, 11) is 0. The molecule has 0 saturated carbocycles. The van der Waals surface area contributed by atoms with E-state index in [1.807, 2.05) is 13.0 Å². The Morgan fingerprint density at radius 3 is 2.60 bits per heavy atom. The number of aliphatic hydroxyl groups excluding tert-OH is 1. The normalized spacial score (nSPS) is 14.1. The van der Waals surface area contributed by atoms with Crippen LogP contribution >= 0.6 is 12.4 Å². The maximum absolute atomic E-state index is 9.66. The van der Waals surface area contributed by atoms with Gasteiger partial charge >= 0.3 is 0 Å². The highest BCUT2D eigenvalue weighted by Gasteiger charge is 2.15. The predicted molar refractivity (Wildman–Crippen MR) is 63.2 cm³/mol. The van der Waals surface area contributed by atoms with Gasteiger partial charge in [0.15, 0.2) is 0 Å². The van der Waals surface area contributed by atoms with E-state index in [4.69, 9.17) is 5.73 Å². The molecule has 1 aromatic rings. The minimum atomic E-state index is -0.540. The van der Waals surface area contributed by atoms with Crippen molar-refractivity contribution in [2.24, 2.45) is 5.73 Å². The van der Waals surface area contributed by atoms with Crippen LogP contribution in [0.1, 0.15) is 31.4 Å². The molecule has 1 aromatic carbocycles. The van der Waals surface area contributed by atoms with Crippen molar-refractivity contribution >= 4 is 12.4 Å². The molecule has 1 rings (SSSR count). The monoisotopic (exact) mass is 231 g/mol. The van der Waals surface area contributed by atoms with Crippen LogP contribution in [0.2, 0.25) is 0 Å². The summed E-state index contributed by atoms with van der Waals surface area (Å²) < 4.78 is 0. The Morgan fingerprint density at radius 2 is 2.07 bits per heavy atom. The average Bonchev–Trinajstić information content (AvgIpc) is 2.17. The fourth-order valence-electron chi connectivity index (χ4n) is 1.43. The molecular weight excluding hydrogens is 214 g/mol. The molecule has 0 saturated heterocycles. The number of aliphatic hydroxyl groups is 1. The molecule has 0 aliphatic heterocycles. The predicted octanol–water partition coefficient (Wildman–Crippen LogP) is 1.97. The molecule has 4 heteroatoms. The highest BCUT2D eigenvalue weighted by Crippen LogP contribution is 2.20. The Kier molecular flexibility index (Phi) is 6.32. The number of hydrogen-bond acceptors (Lipinski definition) is 3. The van der Waals surface area contributed by atoms with E-state index in [9.17, 15) is 10.2 Å². The number of benzene rings is 1. The first-order chi connectivity index (χ1) is 6.65. The molecule has 0 radical (unpaired) electrons. The van der Waals surface area contributed by atoms with E-state index < -0.39 is 12.1 Å². The van der Waals surface area contributed by atoms with Crippen molar-refractivity contribution in [2.75, 3.05) is 0 Å². The van der Waals surface area contributed by atoms with Gasteiger partial charge in [0, 0.05) is 0 Å². The van der Waals surface area contributed by atoms with Gasteiger partial charge < -0.3 is 15.9 Å². The topological polar surface area (TPSA) is 66.5 Å². The van der Waals surface area contributed by atoms with Gasteiger partial charge in [0.25, 0.3) is 0 Å². The number of rotatable bonds is 4. The molecule has 0 aromatic heterocycles. The minimum Gasteiger partial charge on any atom is -0.508 e. The molecule has 0 bridgehead atoms. The van der Waals surface area contributed by atoms with Crippen LogP contribution < -0.4 is 5.73 Å². The van der Waals surface area contributed by atoms with Gasteiger partial charge in [-0.15, -0.1) is 12.4 Å². The van der Waals surface area contributed by atoms with Gasteiger partial charge in [-0.1, -0.05) is 25.5 Å². The molecule has 86 valence electrons. The summed E-state index contributed by atoms with van der Waals surface area (Å²) in [6.07, 6.45) is 1.03. The largest absolute Gasteiger partial charge is 0.508 e. The molecule has 0 amide bonds. The summed E-state index contributed by atoms with van der Waals surface area (Å²) in [6, 6.07) is 6.29. The van der Waals surface area contributed by atoms with Crippen molar-refractivity contribution < 1.29 is 10.2 Å². The number of aromatic hydroxyl groups is 1. The zero-order valence-corrected chi connectivity index (χ0v) is 9.57. The molecule has 3 nitrogen and oxygen atoms in total. The molecule has 0 fully saturated rings. The van der Waals surface area contributed by atoms with E-state index in [0.717, 1.165) is 12.0 Å². The lowest BCUT2D eigenvalue weighted by Gasteiger charge is -2.18. The van der Waals surface area contributed by atoms with Gasteiger partial charge in [0.2, 0.25) is 0 Å². The lowest BCUT2D eigenvalue weighted by Crippen LogP contribution is -2.25. The first kappa shape index (κ1) is 14.2. The third-order valence-electron chi connectivity index (χ3n) is 2.25. The Hall–Kier alpha value is -0.770. The van der Waals surface area contributed by atoms with E-state index in [1.54, 1.807) is 18.2 Å². The van der Waals surface area contributed by atoms with Gasteiger partial charge in [-0.25, -0.2) is 0 Å². The molecule has 2 atom stereocenters. The smallest absolute Gasteiger partial charge is 0.115 e. The van der Waals surface area contributed by atoms with E-state index in [-0.39, 0.29) is 18.2 Å². The second-order valence-electron chi connectivity index (χ2n) is 3.48. The molecule has 0 heterocycles. The van der Waals surface area contributed by atoms with Crippen LogP contribution in [0.4, 0.5) is 0 Å². The van der Waals surface area contributed by atoms with Crippen molar-refractivity contribution in [3.63, 3.8) is 0 Å². The van der Waals surface area contributed by atoms with Crippen LogP contribution in [-0.4, -0.2) is 16.3 Å². The molecule has 4 N–H and O–H groups in total. The summed E-state index contributed by atoms with van der Waals surface area (Å²) in [4.78, 5) is 0. The maximum Gasteiger partial charge on any atom is 0.115 e. The van der Waals surface area contributed by atoms with Crippen LogP contribution in [-0.2, 0) is 0 Å². The van der Waals surface area contributed by atoms with Gasteiger partial charge in [0.1, 0.15) is 5.75 Å². The van der Waals surface area contributed by atoms with Crippen LogP contribution in [0.15, 0.2) is 24.3 Å². The second kappa shape index (κ2) is 6.67.